The van der Waals surface area contributed by atoms with Crippen LogP contribution in [-0.4, -0.2) is 20.1 Å². The maximum Gasteiger partial charge on any atom is 0.215 e. The average Bonchev–Trinajstić information content (AvgIpc) is 2.85. The molecule has 2 rings (SSSR count). The molecule has 0 saturated carbocycles. The largest absolute Gasteiger partial charge is 0.466 e. The third-order valence-electron chi connectivity index (χ3n) is 3.67. The minimum Gasteiger partial charge on any atom is -0.466 e. The van der Waals surface area contributed by atoms with Crippen molar-refractivity contribution in [1.29, 1.82) is 5.26 Å². The van der Waals surface area contributed by atoms with Gasteiger partial charge in [0.15, 0.2) is 0 Å². The molecule has 1 aromatic carbocycles. The highest BCUT2D eigenvalue weighted by molar-refractivity contribution is 7.88. The van der Waals surface area contributed by atoms with Crippen LogP contribution in [0, 0.1) is 25.2 Å². The fraction of sp³-hybridized carbons (Fsp3) is 0.353. The number of aryl methyl sites for hydroxylation is 2. The first kappa shape index (κ1) is 18.2. The summed E-state index contributed by atoms with van der Waals surface area (Å²) in [5, 5.41) is 19.4. The van der Waals surface area contributed by atoms with E-state index in [-0.39, 0.29) is 12.3 Å². The monoisotopic (exact) mass is 348 g/mol. The Kier molecular flexibility index (Phi) is 5.13. The van der Waals surface area contributed by atoms with Gasteiger partial charge in [0, 0.05) is 12.1 Å². The smallest absolute Gasteiger partial charge is 0.215 e. The second kappa shape index (κ2) is 6.77. The molecule has 1 heterocycles. The molecule has 2 aromatic rings. The Morgan fingerprint density at radius 3 is 2.62 bits per heavy atom. The number of benzene rings is 1. The topological polar surface area (TPSA) is 103 Å². The van der Waals surface area contributed by atoms with Crippen molar-refractivity contribution < 1.29 is 17.9 Å². The highest BCUT2D eigenvalue weighted by Gasteiger charge is 2.29. The maximum atomic E-state index is 12.2. The first-order valence-corrected chi connectivity index (χ1v) is 9.04. The summed E-state index contributed by atoms with van der Waals surface area (Å²) in [6.45, 7) is 4.84. The molecule has 6 nitrogen and oxygen atoms in total. The summed E-state index contributed by atoms with van der Waals surface area (Å²) >= 11 is 0. The van der Waals surface area contributed by atoms with E-state index in [1.54, 1.807) is 38.1 Å². The molecule has 0 aliphatic carbocycles. The van der Waals surface area contributed by atoms with Gasteiger partial charge in [-0.3, -0.25) is 0 Å². The van der Waals surface area contributed by atoms with Crippen LogP contribution in [-0.2, 0) is 21.4 Å². The van der Waals surface area contributed by atoms with Crippen molar-refractivity contribution in [2.24, 2.45) is 0 Å². The molecule has 0 unspecified atom stereocenters. The van der Waals surface area contributed by atoms with Gasteiger partial charge in [0.05, 0.1) is 17.4 Å². The SMILES string of the molecule is Cc1cc([C@@](C)(O)CNS(=O)(=O)Cc2cccc(C#N)c2)c(C)o1. The van der Waals surface area contributed by atoms with E-state index >= 15 is 0 Å². The second-order valence-corrected chi connectivity index (χ2v) is 7.80. The number of furan rings is 1. The lowest BCUT2D eigenvalue weighted by molar-refractivity contribution is 0.0612. The summed E-state index contributed by atoms with van der Waals surface area (Å²) in [7, 11) is -3.66. The second-order valence-electron chi connectivity index (χ2n) is 5.99. The zero-order valence-corrected chi connectivity index (χ0v) is 14.6. The molecule has 0 fully saturated rings. The van der Waals surface area contributed by atoms with Crippen LogP contribution in [0.15, 0.2) is 34.7 Å². The highest BCUT2D eigenvalue weighted by atomic mass is 32.2. The molecule has 0 aliphatic rings. The Morgan fingerprint density at radius 2 is 2.04 bits per heavy atom. The molecular formula is C17H20N2O4S. The minimum atomic E-state index is -3.66. The number of nitrogens with zero attached hydrogens (tertiary/aromatic N) is 1. The van der Waals surface area contributed by atoms with Crippen LogP contribution in [0.25, 0.3) is 0 Å². The summed E-state index contributed by atoms with van der Waals surface area (Å²) in [5.74, 6) is 0.944. The van der Waals surface area contributed by atoms with E-state index in [0.29, 0.717) is 28.2 Å². The molecule has 128 valence electrons. The zero-order chi connectivity index (χ0) is 18.0. The number of hydrogen-bond acceptors (Lipinski definition) is 5. The summed E-state index contributed by atoms with van der Waals surface area (Å²) in [4.78, 5) is 0. The molecule has 1 atom stereocenters. The molecule has 24 heavy (non-hydrogen) atoms. The molecular weight excluding hydrogens is 328 g/mol. The fourth-order valence-electron chi connectivity index (χ4n) is 2.51. The van der Waals surface area contributed by atoms with Gasteiger partial charge in [-0.25, -0.2) is 13.1 Å². The lowest BCUT2D eigenvalue weighted by atomic mass is 9.97. The zero-order valence-electron chi connectivity index (χ0n) is 13.8. The summed E-state index contributed by atoms with van der Waals surface area (Å²) in [6, 6.07) is 10.1. The van der Waals surface area contributed by atoms with Crippen molar-refractivity contribution in [3.05, 3.63) is 58.5 Å². The van der Waals surface area contributed by atoms with Crippen LogP contribution >= 0.6 is 0 Å². The van der Waals surface area contributed by atoms with Gasteiger partial charge < -0.3 is 9.52 Å². The van der Waals surface area contributed by atoms with Crippen molar-refractivity contribution >= 4 is 10.0 Å². The van der Waals surface area contributed by atoms with Gasteiger partial charge in [-0.2, -0.15) is 5.26 Å². The third kappa shape index (κ3) is 4.45. The molecule has 2 N–H and O–H groups in total. The Balaban J connectivity index is 2.09. The molecule has 1 aromatic heterocycles. The lowest BCUT2D eigenvalue weighted by Gasteiger charge is -2.23. The van der Waals surface area contributed by atoms with Gasteiger partial charge in [-0.15, -0.1) is 0 Å². The van der Waals surface area contributed by atoms with Gasteiger partial charge in [-0.05, 0) is 44.5 Å². The van der Waals surface area contributed by atoms with Gasteiger partial charge in [0.2, 0.25) is 10.0 Å². The number of hydrogen-bond donors (Lipinski definition) is 2. The third-order valence-corrected chi connectivity index (χ3v) is 4.97. The van der Waals surface area contributed by atoms with E-state index in [9.17, 15) is 13.5 Å². The van der Waals surface area contributed by atoms with Crippen molar-refractivity contribution in [1.82, 2.24) is 4.72 Å². The number of nitriles is 1. The fourth-order valence-corrected chi connectivity index (χ4v) is 3.73. The van der Waals surface area contributed by atoms with Crippen molar-refractivity contribution in [2.45, 2.75) is 32.1 Å². The van der Waals surface area contributed by atoms with E-state index in [0.717, 1.165) is 0 Å². The first-order valence-electron chi connectivity index (χ1n) is 7.39. The van der Waals surface area contributed by atoms with Gasteiger partial charge in [0.25, 0.3) is 0 Å². The molecule has 0 saturated heterocycles. The van der Waals surface area contributed by atoms with Gasteiger partial charge in [0.1, 0.15) is 17.1 Å². The van der Waals surface area contributed by atoms with Crippen LogP contribution in [0.2, 0.25) is 0 Å². The normalized spacial score (nSPS) is 14.1. The van der Waals surface area contributed by atoms with E-state index < -0.39 is 15.6 Å². The van der Waals surface area contributed by atoms with Crippen molar-refractivity contribution in [3.63, 3.8) is 0 Å². The number of aliphatic hydroxyl groups is 1. The van der Waals surface area contributed by atoms with Gasteiger partial charge in [-0.1, -0.05) is 12.1 Å². The first-order chi connectivity index (χ1) is 11.1. The summed E-state index contributed by atoms with van der Waals surface area (Å²) < 4.78 is 32.3. The quantitative estimate of drug-likeness (QED) is 0.832. The van der Waals surface area contributed by atoms with Crippen molar-refractivity contribution in [3.8, 4) is 6.07 Å². The minimum absolute atomic E-state index is 0.174. The number of rotatable bonds is 6. The molecule has 0 bridgehead atoms. The Labute approximate surface area is 141 Å². The van der Waals surface area contributed by atoms with Crippen molar-refractivity contribution in [2.75, 3.05) is 6.54 Å². The van der Waals surface area contributed by atoms with E-state index in [2.05, 4.69) is 4.72 Å². The number of nitrogens with one attached hydrogen (secondary N) is 1. The predicted octanol–water partition coefficient (Wildman–Crippen LogP) is 2.10. The maximum absolute atomic E-state index is 12.2. The standard InChI is InChI=1S/C17H20N2O4S/c1-12-7-16(13(2)23-12)17(3,20)11-19-24(21,22)10-15-6-4-5-14(8-15)9-18/h4-8,19-20H,10-11H2,1-3H3/t17-/m0/s1. The average molecular weight is 348 g/mol. The Bertz CT molecular complexity index is 876. The van der Waals surface area contributed by atoms with Crippen LogP contribution in [0.5, 0.6) is 0 Å². The van der Waals surface area contributed by atoms with Crippen LogP contribution in [0.4, 0.5) is 0 Å². The van der Waals surface area contributed by atoms with Crippen LogP contribution < -0.4 is 4.72 Å². The summed E-state index contributed by atoms with van der Waals surface area (Å²) in [5.41, 5.74) is 0.0774. The van der Waals surface area contributed by atoms with E-state index in [4.69, 9.17) is 9.68 Å². The Hall–Kier alpha value is -2.14. The molecule has 0 spiro atoms. The predicted molar refractivity (Wildman–Crippen MR) is 89.5 cm³/mol. The van der Waals surface area contributed by atoms with Crippen LogP contribution in [0.3, 0.4) is 0 Å². The molecule has 7 heteroatoms. The Morgan fingerprint density at radius 1 is 1.33 bits per heavy atom. The summed E-state index contributed by atoms with van der Waals surface area (Å²) in [6.07, 6.45) is 0. The number of sulfonamides is 1. The highest BCUT2D eigenvalue weighted by Crippen LogP contribution is 2.26. The molecule has 0 aliphatic heterocycles. The van der Waals surface area contributed by atoms with Gasteiger partial charge >= 0.3 is 0 Å². The van der Waals surface area contributed by atoms with E-state index in [1.807, 2.05) is 6.07 Å². The molecule has 0 radical (unpaired) electrons. The lowest BCUT2D eigenvalue weighted by Crippen LogP contribution is -2.39. The van der Waals surface area contributed by atoms with E-state index in [1.165, 1.54) is 13.0 Å². The molecule has 0 amide bonds. The van der Waals surface area contributed by atoms with Crippen LogP contribution in [0.1, 0.15) is 35.1 Å².